The van der Waals surface area contributed by atoms with Gasteiger partial charge in [0, 0.05) is 6.54 Å². The van der Waals surface area contributed by atoms with Crippen molar-refractivity contribution in [3.05, 3.63) is 42.2 Å². The number of hydrogen-bond acceptors (Lipinski definition) is 5. The molecule has 0 fully saturated rings. The van der Waals surface area contributed by atoms with Gasteiger partial charge in [0.05, 0.1) is 11.2 Å². The minimum Gasteiger partial charge on any atom is -0.341 e. The molecule has 0 unspecified atom stereocenters. The zero-order chi connectivity index (χ0) is 13.9. The molecule has 0 aliphatic heterocycles. The number of aromatic nitrogens is 4. The highest BCUT2D eigenvalue weighted by molar-refractivity contribution is 7.99. The highest BCUT2D eigenvalue weighted by Crippen LogP contribution is 2.33. The van der Waals surface area contributed by atoms with Gasteiger partial charge in [-0.25, -0.2) is 19.3 Å². The maximum absolute atomic E-state index is 14.1. The highest BCUT2D eigenvalue weighted by Gasteiger charge is 2.13. The molecule has 20 heavy (non-hydrogen) atoms. The summed E-state index contributed by atoms with van der Waals surface area (Å²) in [7, 11) is 1.83. The monoisotopic (exact) mass is 289 g/mol. The fourth-order valence-electron chi connectivity index (χ4n) is 1.91. The molecule has 0 spiro atoms. The summed E-state index contributed by atoms with van der Waals surface area (Å²) in [5.41, 5.74) is 2.19. The van der Waals surface area contributed by atoms with E-state index in [1.165, 1.54) is 24.2 Å². The van der Waals surface area contributed by atoms with Crippen LogP contribution >= 0.6 is 11.8 Å². The number of nitrogens with one attached hydrogen (secondary N) is 2. The first-order valence-corrected chi connectivity index (χ1v) is 6.85. The van der Waals surface area contributed by atoms with Gasteiger partial charge in [-0.3, -0.25) is 0 Å². The molecule has 0 aliphatic rings. The van der Waals surface area contributed by atoms with Crippen LogP contribution in [0.2, 0.25) is 0 Å². The molecular weight excluding hydrogens is 277 g/mol. The predicted octanol–water partition coefficient (Wildman–Crippen LogP) is 2.36. The second-order valence-corrected chi connectivity index (χ2v) is 5.14. The number of nitrogens with zero attached hydrogens (tertiary/aromatic N) is 3. The van der Waals surface area contributed by atoms with Crippen molar-refractivity contribution in [2.45, 2.75) is 16.5 Å². The van der Waals surface area contributed by atoms with Crippen molar-refractivity contribution in [3.8, 4) is 0 Å². The third-order valence-electron chi connectivity index (χ3n) is 2.80. The van der Waals surface area contributed by atoms with E-state index < -0.39 is 0 Å². The van der Waals surface area contributed by atoms with Gasteiger partial charge in [-0.1, -0.05) is 23.9 Å². The molecule has 3 rings (SSSR count). The zero-order valence-electron chi connectivity index (χ0n) is 10.7. The molecule has 0 atom stereocenters. The Kier molecular flexibility index (Phi) is 3.62. The Morgan fingerprint density at radius 3 is 3.05 bits per heavy atom. The summed E-state index contributed by atoms with van der Waals surface area (Å²) in [4.78, 5) is 15.9. The van der Waals surface area contributed by atoms with E-state index in [-0.39, 0.29) is 5.82 Å². The van der Waals surface area contributed by atoms with E-state index in [0.29, 0.717) is 22.1 Å². The van der Waals surface area contributed by atoms with E-state index in [4.69, 9.17) is 0 Å². The Balaban J connectivity index is 2.05. The molecule has 0 saturated heterocycles. The van der Waals surface area contributed by atoms with Crippen LogP contribution in [-0.4, -0.2) is 27.0 Å². The Morgan fingerprint density at radius 2 is 2.20 bits per heavy atom. The number of hydrogen-bond donors (Lipinski definition) is 2. The van der Waals surface area contributed by atoms with Gasteiger partial charge in [0.25, 0.3) is 0 Å². The van der Waals surface area contributed by atoms with Crippen molar-refractivity contribution >= 4 is 22.9 Å². The Hall–Kier alpha value is -1.99. The lowest BCUT2D eigenvalue weighted by Gasteiger charge is -2.09. The topological polar surface area (TPSA) is 66.5 Å². The Morgan fingerprint density at radius 1 is 1.30 bits per heavy atom. The van der Waals surface area contributed by atoms with Gasteiger partial charge in [-0.15, -0.1) is 0 Å². The molecule has 0 aliphatic carbocycles. The lowest BCUT2D eigenvalue weighted by atomic mass is 10.2. The summed E-state index contributed by atoms with van der Waals surface area (Å²) in [6.07, 6.45) is 2.99. The summed E-state index contributed by atoms with van der Waals surface area (Å²) in [6.45, 7) is 0.595. The molecule has 2 heterocycles. The molecule has 0 bridgehead atoms. The predicted molar refractivity (Wildman–Crippen MR) is 75.0 cm³/mol. The van der Waals surface area contributed by atoms with Gasteiger partial charge in [-0.2, -0.15) is 0 Å². The second-order valence-electron chi connectivity index (χ2n) is 4.14. The van der Waals surface area contributed by atoms with Crippen molar-refractivity contribution in [1.29, 1.82) is 0 Å². The fraction of sp³-hybridized carbons (Fsp3) is 0.154. The van der Waals surface area contributed by atoms with E-state index in [0.717, 1.165) is 11.1 Å². The van der Waals surface area contributed by atoms with Crippen LogP contribution in [0, 0.1) is 5.82 Å². The molecule has 5 nitrogen and oxygen atoms in total. The molecule has 1 aromatic carbocycles. The van der Waals surface area contributed by atoms with E-state index in [2.05, 4.69) is 25.3 Å². The minimum absolute atomic E-state index is 0.256. The van der Waals surface area contributed by atoms with Gasteiger partial charge in [0.1, 0.15) is 22.7 Å². The molecule has 3 aromatic rings. The van der Waals surface area contributed by atoms with Gasteiger partial charge in [0.15, 0.2) is 5.65 Å². The fourth-order valence-corrected chi connectivity index (χ4v) is 2.90. The first kappa shape index (κ1) is 13.0. The van der Waals surface area contributed by atoms with Gasteiger partial charge >= 0.3 is 0 Å². The lowest BCUT2D eigenvalue weighted by Crippen LogP contribution is -2.07. The minimum atomic E-state index is -0.256. The Labute approximate surface area is 119 Å². The molecule has 2 N–H and O–H groups in total. The summed E-state index contributed by atoms with van der Waals surface area (Å²) in [5.74, 6) is -0.256. The summed E-state index contributed by atoms with van der Waals surface area (Å²) in [6, 6.07) is 5.05. The van der Waals surface area contributed by atoms with Crippen LogP contribution in [0.25, 0.3) is 11.2 Å². The molecule has 0 radical (unpaired) electrons. The third-order valence-corrected chi connectivity index (χ3v) is 3.97. The second kappa shape index (κ2) is 5.56. The highest BCUT2D eigenvalue weighted by atomic mass is 32.2. The van der Waals surface area contributed by atoms with Crippen molar-refractivity contribution in [1.82, 2.24) is 25.3 Å². The van der Waals surface area contributed by atoms with E-state index in [1.807, 2.05) is 13.1 Å². The van der Waals surface area contributed by atoms with Crippen molar-refractivity contribution in [3.63, 3.8) is 0 Å². The van der Waals surface area contributed by atoms with Crippen molar-refractivity contribution < 1.29 is 4.39 Å². The summed E-state index contributed by atoms with van der Waals surface area (Å²) in [5, 5.41) is 3.70. The molecule has 2 aromatic heterocycles. The summed E-state index contributed by atoms with van der Waals surface area (Å²) < 4.78 is 14.1. The van der Waals surface area contributed by atoms with Crippen LogP contribution in [0.1, 0.15) is 5.56 Å². The molecule has 0 saturated carbocycles. The third kappa shape index (κ3) is 2.37. The van der Waals surface area contributed by atoms with Gasteiger partial charge in [0.2, 0.25) is 0 Å². The van der Waals surface area contributed by atoms with Crippen LogP contribution in [0.4, 0.5) is 4.39 Å². The normalized spacial score (nSPS) is 11.1. The van der Waals surface area contributed by atoms with Gasteiger partial charge in [-0.05, 0) is 18.7 Å². The molecular formula is C13H12FN5S. The average molecular weight is 289 g/mol. The number of benzene rings is 1. The SMILES string of the molecule is CNCc1cccc(F)c1Sc1ncnc2nc[nH]c12. The smallest absolute Gasteiger partial charge is 0.181 e. The van der Waals surface area contributed by atoms with Crippen molar-refractivity contribution in [2.75, 3.05) is 7.05 Å². The number of halogens is 1. The number of fused-ring (bicyclic) bond motifs is 1. The standard InChI is InChI=1S/C13H12FN5S/c1-15-5-8-3-2-4-9(14)11(8)20-13-10-12(17-6-16-10)18-7-19-13/h2-4,6-7,15H,5H2,1H3,(H,16,17,18,19). The van der Waals surface area contributed by atoms with Crippen LogP contribution < -0.4 is 5.32 Å². The number of rotatable bonds is 4. The number of imidazole rings is 1. The lowest BCUT2D eigenvalue weighted by molar-refractivity contribution is 0.594. The molecule has 0 amide bonds. The number of aromatic amines is 1. The van der Waals surface area contributed by atoms with Crippen molar-refractivity contribution in [2.24, 2.45) is 0 Å². The zero-order valence-corrected chi connectivity index (χ0v) is 11.5. The van der Waals surface area contributed by atoms with Crippen LogP contribution in [0.5, 0.6) is 0 Å². The van der Waals surface area contributed by atoms with E-state index >= 15 is 0 Å². The number of H-pyrrole nitrogens is 1. The maximum atomic E-state index is 14.1. The molecule has 102 valence electrons. The first-order chi connectivity index (χ1) is 9.79. The van der Waals surface area contributed by atoms with E-state index in [9.17, 15) is 4.39 Å². The Bertz CT molecular complexity index is 742. The largest absolute Gasteiger partial charge is 0.341 e. The molecule has 7 heteroatoms. The van der Waals surface area contributed by atoms with Crippen LogP contribution in [-0.2, 0) is 6.54 Å². The van der Waals surface area contributed by atoms with Crippen LogP contribution in [0.15, 0.2) is 40.8 Å². The average Bonchev–Trinajstić information content (AvgIpc) is 2.92. The first-order valence-electron chi connectivity index (χ1n) is 6.03. The quantitative estimate of drug-likeness (QED) is 0.722. The van der Waals surface area contributed by atoms with Crippen LogP contribution in [0.3, 0.4) is 0 Å². The van der Waals surface area contributed by atoms with Gasteiger partial charge < -0.3 is 10.3 Å². The van der Waals surface area contributed by atoms with E-state index in [1.54, 1.807) is 12.4 Å². The summed E-state index contributed by atoms with van der Waals surface area (Å²) >= 11 is 1.28. The maximum Gasteiger partial charge on any atom is 0.181 e.